The fraction of sp³-hybridized carbons (Fsp3) is 0.625. The Bertz CT molecular complexity index is 817. The maximum absolute atomic E-state index is 6.54. The molecule has 190 valence electrons. The zero-order valence-electron chi connectivity index (χ0n) is 24.0. The van der Waals surface area contributed by atoms with E-state index in [9.17, 15) is 0 Å². The molecule has 0 amide bonds. The van der Waals surface area contributed by atoms with Crippen molar-refractivity contribution in [2.75, 3.05) is 0 Å². The lowest BCUT2D eigenvalue weighted by Gasteiger charge is -2.40. The van der Waals surface area contributed by atoms with E-state index in [0.29, 0.717) is 11.8 Å². The molecule has 0 bridgehead atoms. The van der Waals surface area contributed by atoms with Crippen LogP contribution < -0.4 is 0 Å². The van der Waals surface area contributed by atoms with Crippen LogP contribution in [0.5, 0.6) is 0 Å². The third kappa shape index (κ3) is 7.95. The number of hydrogen-bond acceptors (Lipinski definition) is 2. The second-order valence-corrected chi connectivity index (χ2v) is 13.7. The summed E-state index contributed by atoms with van der Waals surface area (Å²) in [4.78, 5) is 13.1. The van der Waals surface area contributed by atoms with Gasteiger partial charge in [0.05, 0.1) is 0 Å². The smallest absolute Gasteiger partial charge is 0.126 e. The Kier molecular flexibility index (Phi) is 8.87. The van der Waals surface area contributed by atoms with Gasteiger partial charge in [0, 0.05) is 0 Å². The van der Waals surface area contributed by atoms with Crippen molar-refractivity contribution in [1.29, 1.82) is 0 Å². The van der Waals surface area contributed by atoms with E-state index in [1.165, 1.54) is 11.1 Å². The summed E-state index contributed by atoms with van der Waals surface area (Å²) in [6.07, 6.45) is 1.69. The standard InChI is InChI=1S/C32H50O2/c1-23(2)25-13-17-27(18-14-25)31(11,21-29(5,6)7)33-34-32(12,22-30(8,9)10)28-19-15-26(16-20-28)24(3)4/h13-20,23-24H,21-22H2,1-12H3. The Labute approximate surface area is 210 Å². The first-order valence-corrected chi connectivity index (χ1v) is 13.0. The molecule has 0 saturated carbocycles. The van der Waals surface area contributed by atoms with Crippen molar-refractivity contribution in [3.63, 3.8) is 0 Å². The van der Waals surface area contributed by atoms with E-state index < -0.39 is 11.2 Å². The van der Waals surface area contributed by atoms with E-state index in [4.69, 9.17) is 9.78 Å². The first-order valence-electron chi connectivity index (χ1n) is 13.0. The fourth-order valence-corrected chi connectivity index (χ4v) is 5.01. The van der Waals surface area contributed by atoms with Crippen molar-refractivity contribution in [2.45, 2.75) is 119 Å². The van der Waals surface area contributed by atoms with Crippen molar-refractivity contribution >= 4 is 0 Å². The molecular weight excluding hydrogens is 416 g/mol. The monoisotopic (exact) mass is 466 g/mol. The molecule has 0 saturated heterocycles. The molecule has 2 heteroatoms. The molecular formula is C32H50O2. The van der Waals surface area contributed by atoms with E-state index in [0.717, 1.165) is 24.0 Å². The minimum absolute atomic E-state index is 0.0776. The van der Waals surface area contributed by atoms with E-state index >= 15 is 0 Å². The maximum Gasteiger partial charge on any atom is 0.126 e. The zero-order valence-corrected chi connectivity index (χ0v) is 24.0. The summed E-state index contributed by atoms with van der Waals surface area (Å²) in [7, 11) is 0. The molecule has 2 unspecified atom stereocenters. The summed E-state index contributed by atoms with van der Waals surface area (Å²) in [5.41, 5.74) is 4.01. The molecule has 2 rings (SSSR count). The molecule has 0 radical (unpaired) electrons. The zero-order chi connectivity index (χ0) is 25.9. The number of hydrogen-bond donors (Lipinski definition) is 0. The predicted molar refractivity (Wildman–Crippen MR) is 146 cm³/mol. The molecule has 0 N–H and O–H groups in total. The molecule has 0 aliphatic carbocycles. The van der Waals surface area contributed by atoms with E-state index in [-0.39, 0.29) is 10.8 Å². The average molecular weight is 467 g/mol. The minimum Gasteiger partial charge on any atom is -0.225 e. The van der Waals surface area contributed by atoms with Crippen molar-refractivity contribution in [2.24, 2.45) is 10.8 Å². The molecule has 2 aromatic carbocycles. The highest BCUT2D eigenvalue weighted by molar-refractivity contribution is 5.30. The Hall–Kier alpha value is -1.64. The van der Waals surface area contributed by atoms with Gasteiger partial charge in [-0.3, -0.25) is 0 Å². The topological polar surface area (TPSA) is 18.5 Å². The molecule has 2 nitrogen and oxygen atoms in total. The van der Waals surface area contributed by atoms with Crippen LogP contribution in [0.3, 0.4) is 0 Å². The summed E-state index contributed by atoms with van der Waals surface area (Å²) in [6, 6.07) is 17.7. The van der Waals surface area contributed by atoms with Gasteiger partial charge in [-0.1, -0.05) is 118 Å². The Morgan fingerprint density at radius 3 is 0.971 bits per heavy atom. The lowest BCUT2D eigenvalue weighted by atomic mass is 9.78. The van der Waals surface area contributed by atoms with Crippen LogP contribution in [0.2, 0.25) is 0 Å². The summed E-state index contributed by atoms with van der Waals surface area (Å²) in [5, 5.41) is 0. The first kappa shape index (κ1) is 28.6. The van der Waals surface area contributed by atoms with Gasteiger partial charge in [0.1, 0.15) is 11.2 Å². The molecule has 0 fully saturated rings. The molecule has 0 aliphatic rings. The second-order valence-electron chi connectivity index (χ2n) is 13.7. The van der Waals surface area contributed by atoms with Gasteiger partial charge >= 0.3 is 0 Å². The predicted octanol–water partition coefficient (Wildman–Crippen LogP) is 9.88. The summed E-state index contributed by atoms with van der Waals surface area (Å²) in [6.45, 7) is 26.8. The van der Waals surface area contributed by atoms with Crippen molar-refractivity contribution in [3.05, 3.63) is 70.8 Å². The molecule has 0 aliphatic heterocycles. The fourth-order valence-electron chi connectivity index (χ4n) is 5.01. The maximum atomic E-state index is 6.54. The van der Waals surface area contributed by atoms with Crippen LogP contribution >= 0.6 is 0 Å². The minimum atomic E-state index is -0.565. The van der Waals surface area contributed by atoms with Gasteiger partial charge in [-0.2, -0.15) is 0 Å². The molecule has 0 heterocycles. The third-order valence-corrected chi connectivity index (χ3v) is 6.52. The van der Waals surface area contributed by atoms with Crippen LogP contribution in [0, 0.1) is 10.8 Å². The highest BCUT2D eigenvalue weighted by Gasteiger charge is 2.40. The summed E-state index contributed by atoms with van der Waals surface area (Å²) >= 11 is 0. The van der Waals surface area contributed by atoms with Gasteiger partial charge in [0.25, 0.3) is 0 Å². The van der Waals surface area contributed by atoms with E-state index in [1.54, 1.807) is 0 Å². The van der Waals surface area contributed by atoms with Crippen LogP contribution in [-0.4, -0.2) is 0 Å². The van der Waals surface area contributed by atoms with Crippen molar-refractivity contribution in [1.82, 2.24) is 0 Å². The molecule has 2 aromatic rings. The molecule has 0 spiro atoms. The SMILES string of the molecule is CC(C)c1ccc(C(C)(CC(C)(C)C)OOC(C)(CC(C)(C)C)c2ccc(C(C)C)cc2)cc1. The van der Waals surface area contributed by atoms with Crippen molar-refractivity contribution in [3.8, 4) is 0 Å². The van der Waals surface area contributed by atoms with Crippen molar-refractivity contribution < 1.29 is 9.78 Å². The highest BCUT2D eigenvalue weighted by Crippen LogP contribution is 2.43. The van der Waals surface area contributed by atoms with Crippen LogP contribution in [0.4, 0.5) is 0 Å². The summed E-state index contributed by atoms with van der Waals surface area (Å²) < 4.78 is 0. The number of benzene rings is 2. The lowest BCUT2D eigenvalue weighted by molar-refractivity contribution is -0.424. The number of rotatable bonds is 9. The molecule has 34 heavy (non-hydrogen) atoms. The Balaban J connectivity index is 2.43. The second kappa shape index (κ2) is 10.5. The molecule has 2 atom stereocenters. The first-order chi connectivity index (χ1) is 15.4. The Morgan fingerprint density at radius 2 is 0.765 bits per heavy atom. The molecule has 0 aromatic heterocycles. The van der Waals surface area contributed by atoms with Crippen LogP contribution in [-0.2, 0) is 21.0 Å². The summed E-state index contributed by atoms with van der Waals surface area (Å²) in [5.74, 6) is 1.01. The average Bonchev–Trinajstić information content (AvgIpc) is 2.70. The van der Waals surface area contributed by atoms with Crippen LogP contribution in [0.25, 0.3) is 0 Å². The largest absolute Gasteiger partial charge is 0.225 e. The Morgan fingerprint density at radius 1 is 0.500 bits per heavy atom. The van der Waals surface area contributed by atoms with Crippen LogP contribution in [0.15, 0.2) is 48.5 Å². The lowest BCUT2D eigenvalue weighted by Crippen LogP contribution is -2.38. The van der Waals surface area contributed by atoms with E-state index in [1.807, 2.05) is 0 Å². The normalized spacial score (nSPS) is 16.5. The van der Waals surface area contributed by atoms with Gasteiger partial charge in [-0.05, 0) is 71.6 Å². The van der Waals surface area contributed by atoms with E-state index in [2.05, 4.69) is 132 Å². The third-order valence-electron chi connectivity index (χ3n) is 6.52. The van der Waals surface area contributed by atoms with Gasteiger partial charge in [0.15, 0.2) is 0 Å². The van der Waals surface area contributed by atoms with Gasteiger partial charge in [-0.25, -0.2) is 9.78 Å². The van der Waals surface area contributed by atoms with Gasteiger partial charge in [0.2, 0.25) is 0 Å². The highest BCUT2D eigenvalue weighted by atomic mass is 17.2. The van der Waals surface area contributed by atoms with Crippen LogP contribution in [0.1, 0.15) is 130 Å². The van der Waals surface area contributed by atoms with Gasteiger partial charge in [-0.15, -0.1) is 0 Å². The quantitative estimate of drug-likeness (QED) is 0.270. The van der Waals surface area contributed by atoms with Gasteiger partial charge < -0.3 is 0 Å².